The van der Waals surface area contributed by atoms with E-state index in [1.165, 1.54) is 0 Å². The van der Waals surface area contributed by atoms with Gasteiger partial charge in [0.15, 0.2) is 11.5 Å². The molecule has 1 unspecified atom stereocenters. The number of benzene rings is 1. The van der Waals surface area contributed by atoms with Crippen LogP contribution in [0.2, 0.25) is 0 Å². The van der Waals surface area contributed by atoms with Crippen LogP contribution in [0.15, 0.2) is 30.5 Å². The molecule has 0 spiro atoms. The first-order valence-electron chi connectivity index (χ1n) is 6.66. The van der Waals surface area contributed by atoms with Crippen molar-refractivity contribution in [3.8, 4) is 11.5 Å². The molecule has 1 atom stereocenters. The molecule has 2 rings (SSSR count). The number of aromatic nitrogens is 2. The van der Waals surface area contributed by atoms with Gasteiger partial charge in [0.25, 0.3) is 0 Å². The Hall–Kier alpha value is -2.01. The second kappa shape index (κ2) is 6.43. The van der Waals surface area contributed by atoms with E-state index in [2.05, 4.69) is 17.3 Å². The molecule has 0 aliphatic heterocycles. The molecule has 0 radical (unpaired) electrons. The van der Waals surface area contributed by atoms with E-state index < -0.39 is 0 Å². The average molecular weight is 275 g/mol. The van der Waals surface area contributed by atoms with E-state index in [-0.39, 0.29) is 6.04 Å². The van der Waals surface area contributed by atoms with Crippen molar-refractivity contribution < 1.29 is 9.47 Å². The van der Waals surface area contributed by atoms with Crippen molar-refractivity contribution in [2.75, 3.05) is 21.3 Å². The smallest absolute Gasteiger partial charge is 0.165 e. The van der Waals surface area contributed by atoms with E-state index in [4.69, 9.17) is 9.47 Å². The van der Waals surface area contributed by atoms with Crippen LogP contribution in [0.25, 0.3) is 0 Å². The molecule has 1 aromatic carbocycles. The third kappa shape index (κ3) is 2.49. The van der Waals surface area contributed by atoms with Gasteiger partial charge in [-0.25, -0.2) is 0 Å². The van der Waals surface area contributed by atoms with Crippen molar-refractivity contribution in [3.63, 3.8) is 0 Å². The number of nitrogens with one attached hydrogen (secondary N) is 1. The number of hydrogen-bond donors (Lipinski definition) is 1. The van der Waals surface area contributed by atoms with Crippen LogP contribution in [-0.4, -0.2) is 31.0 Å². The standard InChI is InChI=1S/C15H21N3O2/c1-5-18-12(9-10-17-18)14(16-2)11-7-6-8-13(19-3)15(11)20-4/h6-10,14,16H,5H2,1-4H3. The maximum absolute atomic E-state index is 5.53. The summed E-state index contributed by atoms with van der Waals surface area (Å²) >= 11 is 0. The fourth-order valence-corrected chi connectivity index (χ4v) is 2.45. The van der Waals surface area contributed by atoms with Gasteiger partial charge in [0.2, 0.25) is 0 Å². The van der Waals surface area contributed by atoms with Gasteiger partial charge in [-0.05, 0) is 26.1 Å². The average Bonchev–Trinajstić information content (AvgIpc) is 2.96. The summed E-state index contributed by atoms with van der Waals surface area (Å²) < 4.78 is 12.9. The summed E-state index contributed by atoms with van der Waals surface area (Å²) in [5, 5.41) is 7.66. The Morgan fingerprint density at radius 1 is 1.25 bits per heavy atom. The minimum absolute atomic E-state index is 0.00231. The van der Waals surface area contributed by atoms with Crippen LogP contribution < -0.4 is 14.8 Å². The van der Waals surface area contributed by atoms with Crippen LogP contribution >= 0.6 is 0 Å². The van der Waals surface area contributed by atoms with Crippen LogP contribution in [0.1, 0.15) is 24.2 Å². The minimum Gasteiger partial charge on any atom is -0.493 e. The van der Waals surface area contributed by atoms with E-state index in [1.54, 1.807) is 14.2 Å². The monoisotopic (exact) mass is 275 g/mol. The van der Waals surface area contributed by atoms with Crippen LogP contribution in [0, 0.1) is 0 Å². The van der Waals surface area contributed by atoms with Gasteiger partial charge in [0.05, 0.1) is 26.0 Å². The maximum atomic E-state index is 5.53. The molecule has 0 saturated heterocycles. The predicted molar refractivity (Wildman–Crippen MR) is 78.3 cm³/mol. The highest BCUT2D eigenvalue weighted by atomic mass is 16.5. The van der Waals surface area contributed by atoms with Gasteiger partial charge in [-0.1, -0.05) is 12.1 Å². The summed E-state index contributed by atoms with van der Waals surface area (Å²) in [6.07, 6.45) is 1.82. The summed E-state index contributed by atoms with van der Waals surface area (Å²) in [5.41, 5.74) is 2.13. The molecule has 1 N–H and O–H groups in total. The minimum atomic E-state index is 0.00231. The molecule has 5 nitrogen and oxygen atoms in total. The molecule has 0 aliphatic rings. The number of methoxy groups -OCH3 is 2. The van der Waals surface area contributed by atoms with E-state index in [0.717, 1.165) is 29.3 Å². The van der Waals surface area contributed by atoms with E-state index in [9.17, 15) is 0 Å². The lowest BCUT2D eigenvalue weighted by molar-refractivity contribution is 0.348. The number of hydrogen-bond acceptors (Lipinski definition) is 4. The van der Waals surface area contributed by atoms with Crippen molar-refractivity contribution in [1.29, 1.82) is 0 Å². The first-order chi connectivity index (χ1) is 9.76. The molecular formula is C15H21N3O2. The Labute approximate surface area is 119 Å². The number of para-hydroxylation sites is 1. The second-order valence-corrected chi connectivity index (χ2v) is 4.38. The fraction of sp³-hybridized carbons (Fsp3) is 0.400. The zero-order chi connectivity index (χ0) is 14.5. The van der Waals surface area contributed by atoms with Crippen molar-refractivity contribution in [2.24, 2.45) is 0 Å². The maximum Gasteiger partial charge on any atom is 0.165 e. The van der Waals surface area contributed by atoms with E-state index in [0.29, 0.717) is 0 Å². The fourth-order valence-electron chi connectivity index (χ4n) is 2.45. The van der Waals surface area contributed by atoms with Gasteiger partial charge >= 0.3 is 0 Å². The largest absolute Gasteiger partial charge is 0.493 e. The third-order valence-corrected chi connectivity index (χ3v) is 3.38. The molecular weight excluding hydrogens is 254 g/mol. The van der Waals surface area contributed by atoms with Gasteiger partial charge in [-0.3, -0.25) is 4.68 Å². The molecule has 0 amide bonds. The number of aryl methyl sites for hydroxylation is 1. The highest BCUT2D eigenvalue weighted by molar-refractivity contribution is 5.50. The first kappa shape index (κ1) is 14.4. The predicted octanol–water partition coefficient (Wildman–Crippen LogP) is 2.23. The zero-order valence-electron chi connectivity index (χ0n) is 12.4. The topological polar surface area (TPSA) is 48.3 Å². The van der Waals surface area contributed by atoms with Gasteiger partial charge in [0.1, 0.15) is 0 Å². The molecule has 0 aliphatic carbocycles. The molecule has 0 bridgehead atoms. The molecule has 20 heavy (non-hydrogen) atoms. The number of rotatable bonds is 6. The Morgan fingerprint density at radius 2 is 2.05 bits per heavy atom. The Bertz CT molecular complexity index is 566. The Morgan fingerprint density at radius 3 is 2.65 bits per heavy atom. The lowest BCUT2D eigenvalue weighted by Crippen LogP contribution is -2.22. The summed E-state index contributed by atoms with van der Waals surface area (Å²) in [5.74, 6) is 1.48. The highest BCUT2D eigenvalue weighted by Crippen LogP contribution is 2.36. The van der Waals surface area contributed by atoms with Crippen molar-refractivity contribution in [2.45, 2.75) is 19.5 Å². The molecule has 1 heterocycles. The van der Waals surface area contributed by atoms with Gasteiger partial charge in [-0.2, -0.15) is 5.10 Å². The highest BCUT2D eigenvalue weighted by Gasteiger charge is 2.22. The molecule has 108 valence electrons. The zero-order valence-corrected chi connectivity index (χ0v) is 12.4. The van der Waals surface area contributed by atoms with Crippen LogP contribution in [0.3, 0.4) is 0 Å². The van der Waals surface area contributed by atoms with Crippen LogP contribution in [0.4, 0.5) is 0 Å². The SMILES string of the molecule is CCn1nccc1C(NC)c1cccc(OC)c1OC. The van der Waals surface area contributed by atoms with E-state index in [1.807, 2.05) is 42.2 Å². The van der Waals surface area contributed by atoms with Gasteiger partial charge in [0, 0.05) is 18.3 Å². The Balaban J connectivity index is 2.52. The Kier molecular flexibility index (Phi) is 4.63. The van der Waals surface area contributed by atoms with Crippen molar-refractivity contribution >= 4 is 0 Å². The van der Waals surface area contributed by atoms with Gasteiger partial charge < -0.3 is 14.8 Å². The van der Waals surface area contributed by atoms with Gasteiger partial charge in [-0.15, -0.1) is 0 Å². The molecule has 1 aromatic heterocycles. The van der Waals surface area contributed by atoms with Crippen molar-refractivity contribution in [1.82, 2.24) is 15.1 Å². The number of nitrogens with zero attached hydrogens (tertiary/aromatic N) is 2. The third-order valence-electron chi connectivity index (χ3n) is 3.38. The molecule has 2 aromatic rings. The van der Waals surface area contributed by atoms with Crippen LogP contribution in [-0.2, 0) is 6.54 Å². The first-order valence-corrected chi connectivity index (χ1v) is 6.66. The molecule has 0 saturated carbocycles. The van der Waals surface area contributed by atoms with E-state index >= 15 is 0 Å². The second-order valence-electron chi connectivity index (χ2n) is 4.38. The quantitative estimate of drug-likeness (QED) is 0.878. The lowest BCUT2D eigenvalue weighted by atomic mass is 10.0. The molecule has 5 heteroatoms. The normalized spacial score (nSPS) is 12.2. The summed E-state index contributed by atoms with van der Waals surface area (Å²) in [6, 6.07) is 7.92. The molecule has 0 fully saturated rings. The van der Waals surface area contributed by atoms with Crippen LogP contribution in [0.5, 0.6) is 11.5 Å². The number of ether oxygens (including phenoxy) is 2. The summed E-state index contributed by atoms with van der Waals surface area (Å²) in [6.45, 7) is 2.90. The lowest BCUT2D eigenvalue weighted by Gasteiger charge is -2.21. The summed E-state index contributed by atoms with van der Waals surface area (Å²) in [7, 11) is 5.23. The summed E-state index contributed by atoms with van der Waals surface area (Å²) in [4.78, 5) is 0. The van der Waals surface area contributed by atoms with Crippen molar-refractivity contribution in [3.05, 3.63) is 41.7 Å².